The highest BCUT2D eigenvalue weighted by molar-refractivity contribution is 9.10. The van der Waals surface area contributed by atoms with Crippen molar-refractivity contribution < 1.29 is 4.79 Å². The Kier molecular flexibility index (Phi) is 4.77. The van der Waals surface area contributed by atoms with Gasteiger partial charge in [0.15, 0.2) is 0 Å². The first kappa shape index (κ1) is 15.4. The first-order valence-corrected chi connectivity index (χ1v) is 7.79. The van der Waals surface area contributed by atoms with E-state index in [-0.39, 0.29) is 5.91 Å². The Morgan fingerprint density at radius 1 is 1.17 bits per heavy atom. The van der Waals surface area contributed by atoms with Gasteiger partial charge >= 0.3 is 0 Å². The molecule has 0 aliphatic carbocycles. The zero-order valence-electron chi connectivity index (χ0n) is 12.2. The number of amides is 1. The molecule has 116 valence electrons. The van der Waals surface area contributed by atoms with E-state index in [9.17, 15) is 4.79 Å². The molecule has 0 unspecified atom stereocenters. The quantitative estimate of drug-likeness (QED) is 0.747. The van der Waals surface area contributed by atoms with Crippen LogP contribution in [-0.4, -0.2) is 25.7 Å². The van der Waals surface area contributed by atoms with Gasteiger partial charge in [0.2, 0.25) is 0 Å². The molecule has 3 aromatic rings. The van der Waals surface area contributed by atoms with Crippen LogP contribution in [0.4, 0.5) is 0 Å². The van der Waals surface area contributed by atoms with Gasteiger partial charge in [-0.15, -0.1) is 0 Å². The molecule has 0 atom stereocenters. The summed E-state index contributed by atoms with van der Waals surface area (Å²) in [7, 11) is 0. The Labute approximate surface area is 141 Å². The van der Waals surface area contributed by atoms with E-state index in [1.165, 1.54) is 6.33 Å². The maximum Gasteiger partial charge on any atom is 0.253 e. The summed E-state index contributed by atoms with van der Waals surface area (Å²) >= 11 is 3.31. The lowest BCUT2D eigenvalue weighted by Gasteiger charge is -2.11. The average Bonchev–Trinajstić information content (AvgIpc) is 3.07. The van der Waals surface area contributed by atoms with Gasteiger partial charge in [-0.05, 0) is 33.1 Å². The van der Waals surface area contributed by atoms with Crippen molar-refractivity contribution in [2.75, 3.05) is 0 Å². The highest BCUT2D eigenvalue weighted by Crippen LogP contribution is 2.12. The molecule has 0 aliphatic heterocycles. The number of nitrogens with one attached hydrogen (secondary N) is 1. The van der Waals surface area contributed by atoms with Crippen molar-refractivity contribution in [3.05, 3.63) is 76.5 Å². The molecule has 6 nitrogen and oxygen atoms in total. The molecule has 7 heteroatoms. The predicted molar refractivity (Wildman–Crippen MR) is 88.7 cm³/mol. The molecule has 1 N–H and O–H groups in total. The van der Waals surface area contributed by atoms with Crippen molar-refractivity contribution >= 4 is 21.8 Å². The molecule has 0 spiro atoms. The Morgan fingerprint density at radius 3 is 2.74 bits per heavy atom. The average molecular weight is 372 g/mol. The Bertz CT molecular complexity index is 804. The number of nitrogens with zero attached hydrogens (tertiary/aromatic N) is 4. The number of carbonyl (C=O) groups is 1. The SMILES string of the molecule is O=C(NCc1ccccc1Cn1cncn1)c1cncc(Br)c1. The fourth-order valence-electron chi connectivity index (χ4n) is 2.19. The monoisotopic (exact) mass is 371 g/mol. The summed E-state index contributed by atoms with van der Waals surface area (Å²) in [5.74, 6) is -0.158. The van der Waals surface area contributed by atoms with Crippen molar-refractivity contribution in [2.45, 2.75) is 13.1 Å². The van der Waals surface area contributed by atoms with E-state index in [0.717, 1.165) is 15.6 Å². The smallest absolute Gasteiger partial charge is 0.253 e. The number of pyridine rings is 1. The van der Waals surface area contributed by atoms with Gasteiger partial charge in [0.05, 0.1) is 12.1 Å². The van der Waals surface area contributed by atoms with Gasteiger partial charge < -0.3 is 5.32 Å². The Morgan fingerprint density at radius 2 is 2.00 bits per heavy atom. The van der Waals surface area contributed by atoms with E-state index in [0.29, 0.717) is 18.7 Å². The Hall–Kier alpha value is -2.54. The van der Waals surface area contributed by atoms with Gasteiger partial charge in [0.1, 0.15) is 12.7 Å². The van der Waals surface area contributed by atoms with Crippen LogP contribution in [0, 0.1) is 0 Å². The third-order valence-corrected chi connectivity index (χ3v) is 3.76. The molecule has 0 bridgehead atoms. The van der Waals surface area contributed by atoms with Crippen LogP contribution in [-0.2, 0) is 13.1 Å². The molecule has 2 heterocycles. The van der Waals surface area contributed by atoms with E-state index in [2.05, 4.69) is 36.3 Å². The number of aromatic nitrogens is 4. The second-order valence-corrected chi connectivity index (χ2v) is 5.85. The summed E-state index contributed by atoms with van der Waals surface area (Å²) in [5.41, 5.74) is 2.65. The molecular weight excluding hydrogens is 358 g/mol. The first-order valence-electron chi connectivity index (χ1n) is 7.00. The van der Waals surface area contributed by atoms with Gasteiger partial charge in [-0.3, -0.25) is 9.78 Å². The van der Waals surface area contributed by atoms with E-state index in [4.69, 9.17) is 0 Å². The highest BCUT2D eigenvalue weighted by atomic mass is 79.9. The molecule has 0 aliphatic rings. The molecule has 1 amide bonds. The normalized spacial score (nSPS) is 10.5. The van der Waals surface area contributed by atoms with Gasteiger partial charge in [-0.2, -0.15) is 5.10 Å². The summed E-state index contributed by atoms with van der Waals surface area (Å²) in [6, 6.07) is 9.67. The van der Waals surface area contributed by atoms with Crippen LogP contribution in [0.1, 0.15) is 21.5 Å². The fraction of sp³-hybridized carbons (Fsp3) is 0.125. The zero-order valence-corrected chi connectivity index (χ0v) is 13.8. The zero-order chi connectivity index (χ0) is 16.1. The lowest BCUT2D eigenvalue weighted by Crippen LogP contribution is -2.23. The van der Waals surface area contributed by atoms with Crippen LogP contribution >= 0.6 is 15.9 Å². The Balaban J connectivity index is 1.69. The van der Waals surface area contributed by atoms with E-state index >= 15 is 0 Å². The molecule has 23 heavy (non-hydrogen) atoms. The third-order valence-electron chi connectivity index (χ3n) is 3.32. The summed E-state index contributed by atoms with van der Waals surface area (Å²) in [4.78, 5) is 20.1. The van der Waals surface area contributed by atoms with Gasteiger partial charge in [0, 0.05) is 23.4 Å². The number of halogens is 1. The van der Waals surface area contributed by atoms with Crippen molar-refractivity contribution in [1.29, 1.82) is 0 Å². The van der Waals surface area contributed by atoms with Crippen molar-refractivity contribution in [2.24, 2.45) is 0 Å². The number of benzene rings is 1. The number of carbonyl (C=O) groups excluding carboxylic acids is 1. The van der Waals surface area contributed by atoms with Crippen molar-refractivity contribution in [3.8, 4) is 0 Å². The minimum absolute atomic E-state index is 0.158. The van der Waals surface area contributed by atoms with Crippen LogP contribution in [0.5, 0.6) is 0 Å². The highest BCUT2D eigenvalue weighted by Gasteiger charge is 2.08. The summed E-state index contributed by atoms with van der Waals surface area (Å²) in [6.07, 6.45) is 6.36. The minimum Gasteiger partial charge on any atom is -0.348 e. The number of rotatable bonds is 5. The third kappa shape index (κ3) is 4.01. The summed E-state index contributed by atoms with van der Waals surface area (Å²) < 4.78 is 2.52. The van der Waals surface area contributed by atoms with Crippen LogP contribution in [0.25, 0.3) is 0 Å². The number of hydrogen-bond acceptors (Lipinski definition) is 4. The van der Waals surface area contributed by atoms with Crippen LogP contribution < -0.4 is 5.32 Å². The molecule has 0 saturated carbocycles. The standard InChI is InChI=1S/C16H14BrN5O/c17-15-5-14(6-18-8-15)16(23)20-7-12-3-1-2-4-13(12)9-22-11-19-10-21-22/h1-6,8,10-11H,7,9H2,(H,20,23). The maximum absolute atomic E-state index is 12.2. The van der Waals surface area contributed by atoms with Gasteiger partial charge in [-0.25, -0.2) is 9.67 Å². The van der Waals surface area contributed by atoms with Crippen molar-refractivity contribution in [1.82, 2.24) is 25.1 Å². The second-order valence-electron chi connectivity index (χ2n) is 4.94. The van der Waals surface area contributed by atoms with E-state index in [1.54, 1.807) is 29.5 Å². The molecule has 3 rings (SSSR count). The molecule has 0 radical (unpaired) electrons. The topological polar surface area (TPSA) is 72.7 Å². The second kappa shape index (κ2) is 7.15. The lowest BCUT2D eigenvalue weighted by molar-refractivity contribution is 0.0950. The molecule has 0 fully saturated rings. The predicted octanol–water partition coefficient (Wildman–Crippen LogP) is 2.41. The largest absolute Gasteiger partial charge is 0.348 e. The van der Waals surface area contributed by atoms with E-state index < -0.39 is 0 Å². The lowest BCUT2D eigenvalue weighted by atomic mass is 10.1. The van der Waals surface area contributed by atoms with Gasteiger partial charge in [0.25, 0.3) is 5.91 Å². The summed E-state index contributed by atoms with van der Waals surface area (Å²) in [6.45, 7) is 1.06. The van der Waals surface area contributed by atoms with Crippen LogP contribution in [0.3, 0.4) is 0 Å². The van der Waals surface area contributed by atoms with Crippen LogP contribution in [0.2, 0.25) is 0 Å². The van der Waals surface area contributed by atoms with Crippen LogP contribution in [0.15, 0.2) is 59.9 Å². The first-order chi connectivity index (χ1) is 11.2. The number of hydrogen-bond donors (Lipinski definition) is 1. The minimum atomic E-state index is -0.158. The van der Waals surface area contributed by atoms with E-state index in [1.807, 2.05) is 24.3 Å². The van der Waals surface area contributed by atoms with Gasteiger partial charge in [-0.1, -0.05) is 24.3 Å². The molecule has 2 aromatic heterocycles. The molecule has 0 saturated heterocycles. The summed E-state index contributed by atoms with van der Waals surface area (Å²) in [5, 5.41) is 7.03. The maximum atomic E-state index is 12.2. The molecule has 1 aromatic carbocycles. The van der Waals surface area contributed by atoms with Crippen molar-refractivity contribution in [3.63, 3.8) is 0 Å². The fourth-order valence-corrected chi connectivity index (χ4v) is 2.55. The molecular formula is C16H14BrN5O.